The van der Waals surface area contributed by atoms with Crippen LogP contribution in [0.5, 0.6) is 5.75 Å². The molecule has 2 nitrogen and oxygen atoms in total. The van der Waals surface area contributed by atoms with E-state index in [1.807, 2.05) is 0 Å². The highest BCUT2D eigenvalue weighted by Crippen LogP contribution is 2.39. The molecule has 0 atom stereocenters. The molecule has 2 heteroatoms. The molecule has 0 aliphatic heterocycles. The first-order valence-electron chi connectivity index (χ1n) is 10.2. The minimum atomic E-state index is -0.0412. The van der Waals surface area contributed by atoms with E-state index < -0.39 is 0 Å². The highest BCUT2D eigenvalue weighted by molar-refractivity contribution is 5.49. The summed E-state index contributed by atoms with van der Waals surface area (Å²) in [4.78, 5) is 0. The largest absolute Gasteiger partial charge is 0.507 e. The van der Waals surface area contributed by atoms with E-state index in [1.165, 1.54) is 37.7 Å². The third-order valence-electron chi connectivity index (χ3n) is 5.47. The molecule has 0 heterocycles. The van der Waals surface area contributed by atoms with Gasteiger partial charge in [-0.15, -0.1) is 0 Å². The number of rotatable bonds is 5. The fourth-order valence-corrected chi connectivity index (χ4v) is 3.89. The number of nitrogens with one attached hydrogen (secondary N) is 1. The Balaban J connectivity index is 2.06. The van der Waals surface area contributed by atoms with Crippen molar-refractivity contribution in [3.63, 3.8) is 0 Å². The Labute approximate surface area is 155 Å². The predicted molar refractivity (Wildman–Crippen MR) is 109 cm³/mol. The second kappa shape index (κ2) is 8.12. The monoisotopic (exact) mass is 345 g/mol. The van der Waals surface area contributed by atoms with Gasteiger partial charge in [-0.2, -0.15) is 0 Å². The maximum Gasteiger partial charge on any atom is 0.123 e. The average molecular weight is 346 g/mol. The van der Waals surface area contributed by atoms with Crippen LogP contribution in [-0.4, -0.2) is 17.7 Å². The van der Waals surface area contributed by atoms with E-state index >= 15 is 0 Å². The summed E-state index contributed by atoms with van der Waals surface area (Å²) >= 11 is 0. The molecule has 0 saturated heterocycles. The number of aryl methyl sites for hydroxylation is 1. The van der Waals surface area contributed by atoms with Crippen LogP contribution in [0.25, 0.3) is 0 Å². The van der Waals surface area contributed by atoms with Crippen molar-refractivity contribution in [2.45, 2.75) is 103 Å². The van der Waals surface area contributed by atoms with Gasteiger partial charge in [-0.05, 0) is 59.7 Å². The van der Waals surface area contributed by atoms with E-state index in [1.54, 1.807) is 0 Å². The molecular formula is C23H39NO. The van der Waals surface area contributed by atoms with Crippen molar-refractivity contribution in [3.8, 4) is 5.75 Å². The van der Waals surface area contributed by atoms with Crippen LogP contribution in [0.4, 0.5) is 0 Å². The summed E-state index contributed by atoms with van der Waals surface area (Å²) in [6.45, 7) is 14.2. The molecule has 25 heavy (non-hydrogen) atoms. The Hall–Kier alpha value is -1.02. The van der Waals surface area contributed by atoms with Crippen molar-refractivity contribution in [3.05, 3.63) is 28.8 Å². The Morgan fingerprint density at radius 3 is 1.92 bits per heavy atom. The lowest BCUT2D eigenvalue weighted by atomic mass is 9.78. The van der Waals surface area contributed by atoms with E-state index in [0.29, 0.717) is 5.75 Å². The van der Waals surface area contributed by atoms with Gasteiger partial charge in [0.15, 0.2) is 0 Å². The van der Waals surface area contributed by atoms with Crippen molar-refractivity contribution in [1.29, 1.82) is 0 Å². The van der Waals surface area contributed by atoms with Crippen molar-refractivity contribution < 1.29 is 5.11 Å². The first-order chi connectivity index (χ1) is 11.6. The van der Waals surface area contributed by atoms with Gasteiger partial charge >= 0.3 is 0 Å². The molecule has 2 N–H and O–H groups in total. The van der Waals surface area contributed by atoms with E-state index in [-0.39, 0.29) is 10.8 Å². The van der Waals surface area contributed by atoms with E-state index in [2.05, 4.69) is 59.0 Å². The second-order valence-electron chi connectivity index (χ2n) is 9.93. The maximum absolute atomic E-state index is 10.8. The van der Waals surface area contributed by atoms with Crippen LogP contribution >= 0.6 is 0 Å². The predicted octanol–water partition coefficient (Wildman–Crippen LogP) is 5.84. The standard InChI is InChI=1S/C23H39NO/c1-22(2,3)19-15-17(16-20(21(19)25)23(4,5)6)11-10-14-24-18-12-8-7-9-13-18/h15-16,18,24-25H,7-14H2,1-6H3. The van der Waals surface area contributed by atoms with Crippen LogP contribution in [0.3, 0.4) is 0 Å². The SMILES string of the molecule is CC(C)(C)c1cc(CCCNC2CCCCC2)cc(C(C)(C)C)c1O. The molecular weight excluding hydrogens is 306 g/mol. The molecule has 142 valence electrons. The molecule has 0 aromatic heterocycles. The lowest BCUT2D eigenvalue weighted by molar-refractivity contribution is 0.372. The number of hydrogen-bond acceptors (Lipinski definition) is 2. The molecule has 1 aromatic carbocycles. The van der Waals surface area contributed by atoms with Crippen molar-refractivity contribution in [1.82, 2.24) is 5.32 Å². The summed E-state index contributed by atoms with van der Waals surface area (Å²) in [6, 6.07) is 5.19. The number of aromatic hydroxyl groups is 1. The smallest absolute Gasteiger partial charge is 0.123 e. The number of hydrogen-bond donors (Lipinski definition) is 2. The zero-order valence-electron chi connectivity index (χ0n) is 17.3. The molecule has 1 fully saturated rings. The first-order valence-corrected chi connectivity index (χ1v) is 10.2. The van der Waals surface area contributed by atoms with Gasteiger partial charge in [0, 0.05) is 6.04 Å². The molecule has 0 spiro atoms. The summed E-state index contributed by atoms with van der Waals surface area (Å²) in [7, 11) is 0. The van der Waals surface area contributed by atoms with Gasteiger partial charge in [0.05, 0.1) is 0 Å². The topological polar surface area (TPSA) is 32.3 Å². The fourth-order valence-electron chi connectivity index (χ4n) is 3.89. The molecule has 0 unspecified atom stereocenters. The van der Waals surface area contributed by atoms with Gasteiger partial charge in [0.2, 0.25) is 0 Å². The van der Waals surface area contributed by atoms with Gasteiger partial charge in [0.1, 0.15) is 5.75 Å². The Kier molecular flexibility index (Phi) is 6.59. The van der Waals surface area contributed by atoms with Crippen molar-refractivity contribution in [2.75, 3.05) is 6.54 Å². The molecule has 0 bridgehead atoms. The van der Waals surface area contributed by atoms with E-state index in [4.69, 9.17) is 0 Å². The van der Waals surface area contributed by atoms with Crippen molar-refractivity contribution in [2.24, 2.45) is 0 Å². The van der Waals surface area contributed by atoms with Crippen LogP contribution < -0.4 is 5.32 Å². The lowest BCUT2D eigenvalue weighted by Crippen LogP contribution is -2.31. The maximum atomic E-state index is 10.8. The van der Waals surface area contributed by atoms with Gasteiger partial charge in [-0.3, -0.25) is 0 Å². The lowest BCUT2D eigenvalue weighted by Gasteiger charge is -2.28. The molecule has 0 amide bonds. The molecule has 1 saturated carbocycles. The Bertz CT molecular complexity index is 521. The second-order valence-corrected chi connectivity index (χ2v) is 9.93. The normalized spacial score (nSPS) is 17.0. The van der Waals surface area contributed by atoms with Crippen LogP contribution in [0, 0.1) is 0 Å². The summed E-state index contributed by atoms with van der Waals surface area (Å²) in [5.74, 6) is 0.490. The summed E-state index contributed by atoms with van der Waals surface area (Å²) in [5.41, 5.74) is 3.43. The average Bonchev–Trinajstić information content (AvgIpc) is 2.51. The Morgan fingerprint density at radius 1 is 0.920 bits per heavy atom. The van der Waals surface area contributed by atoms with E-state index in [9.17, 15) is 5.11 Å². The van der Waals surface area contributed by atoms with Crippen LogP contribution in [0.15, 0.2) is 12.1 Å². The summed E-state index contributed by atoms with van der Waals surface area (Å²) < 4.78 is 0. The van der Waals surface area contributed by atoms with Gasteiger partial charge in [-0.25, -0.2) is 0 Å². The third kappa shape index (κ3) is 5.74. The van der Waals surface area contributed by atoms with Crippen molar-refractivity contribution >= 4 is 0 Å². The van der Waals surface area contributed by atoms with Crippen LogP contribution in [0.1, 0.15) is 96.8 Å². The quantitative estimate of drug-likeness (QED) is 0.657. The van der Waals surface area contributed by atoms with Gasteiger partial charge in [-0.1, -0.05) is 72.9 Å². The molecule has 1 aromatic rings. The number of benzene rings is 1. The first kappa shape index (κ1) is 20.3. The van der Waals surface area contributed by atoms with Gasteiger partial charge < -0.3 is 10.4 Å². The van der Waals surface area contributed by atoms with Crippen LogP contribution in [-0.2, 0) is 17.3 Å². The van der Waals surface area contributed by atoms with Gasteiger partial charge in [0.25, 0.3) is 0 Å². The fraction of sp³-hybridized carbons (Fsp3) is 0.739. The minimum absolute atomic E-state index is 0.0412. The zero-order chi connectivity index (χ0) is 18.7. The Morgan fingerprint density at radius 2 is 1.44 bits per heavy atom. The highest BCUT2D eigenvalue weighted by atomic mass is 16.3. The third-order valence-corrected chi connectivity index (χ3v) is 5.47. The molecule has 1 aliphatic carbocycles. The number of phenolic OH excluding ortho intramolecular Hbond substituents is 1. The number of phenols is 1. The summed E-state index contributed by atoms with van der Waals surface area (Å²) in [6.07, 6.45) is 9.12. The molecule has 1 aliphatic rings. The summed E-state index contributed by atoms with van der Waals surface area (Å²) in [5, 5.41) is 14.6. The molecule has 2 rings (SSSR count). The minimum Gasteiger partial charge on any atom is -0.507 e. The highest BCUT2D eigenvalue weighted by Gasteiger charge is 2.26. The van der Waals surface area contributed by atoms with Crippen LogP contribution in [0.2, 0.25) is 0 Å². The zero-order valence-corrected chi connectivity index (χ0v) is 17.3. The molecule has 0 radical (unpaired) electrons. The van der Waals surface area contributed by atoms with E-state index in [0.717, 1.165) is 36.6 Å².